The summed E-state index contributed by atoms with van der Waals surface area (Å²) >= 11 is 0. The van der Waals surface area contributed by atoms with Crippen molar-refractivity contribution in [2.45, 2.75) is 19.8 Å². The molecule has 1 atom stereocenters. The summed E-state index contributed by atoms with van der Waals surface area (Å²) in [4.78, 5) is 18.3. The first-order valence-electron chi connectivity index (χ1n) is 8.36. The Balaban J connectivity index is 1.51. The number of nitrogens with one attached hydrogen (secondary N) is 1. The number of aromatic nitrogens is 1. The molecule has 0 radical (unpaired) electrons. The number of urea groups is 1. The summed E-state index contributed by atoms with van der Waals surface area (Å²) in [5, 5.41) is 2.90. The number of aryl methyl sites for hydroxylation is 1. The molecule has 24 heavy (non-hydrogen) atoms. The topological polar surface area (TPSA) is 54.5 Å². The molecule has 1 saturated heterocycles. The van der Waals surface area contributed by atoms with Crippen molar-refractivity contribution in [3.8, 4) is 5.75 Å². The number of nitrogens with zero attached hydrogens (tertiary/aromatic N) is 2. The second-order valence-electron chi connectivity index (χ2n) is 6.25. The lowest BCUT2D eigenvalue weighted by atomic mass is 9.99. The Morgan fingerprint density at radius 2 is 2.29 bits per heavy atom. The number of pyridine rings is 1. The summed E-state index contributed by atoms with van der Waals surface area (Å²) in [5.41, 5.74) is 1.91. The van der Waals surface area contributed by atoms with E-state index in [0.29, 0.717) is 12.5 Å². The van der Waals surface area contributed by atoms with E-state index in [2.05, 4.69) is 23.3 Å². The van der Waals surface area contributed by atoms with Gasteiger partial charge in [-0.15, -0.1) is 0 Å². The van der Waals surface area contributed by atoms with Crippen molar-refractivity contribution in [2.24, 2.45) is 5.92 Å². The van der Waals surface area contributed by atoms with Crippen LogP contribution in [0.1, 0.15) is 18.4 Å². The van der Waals surface area contributed by atoms with Crippen LogP contribution in [0.4, 0.5) is 10.5 Å². The number of amides is 2. The Morgan fingerprint density at radius 3 is 3.08 bits per heavy atom. The zero-order valence-corrected chi connectivity index (χ0v) is 13.9. The molecular weight excluding hydrogens is 302 g/mol. The van der Waals surface area contributed by atoms with Gasteiger partial charge in [-0.25, -0.2) is 4.79 Å². The molecule has 0 bridgehead atoms. The molecule has 1 fully saturated rings. The molecular formula is C19H23N3O2. The van der Waals surface area contributed by atoms with E-state index >= 15 is 0 Å². The Kier molecular flexibility index (Phi) is 5.31. The Labute approximate surface area is 142 Å². The van der Waals surface area contributed by atoms with Gasteiger partial charge in [-0.05, 0) is 49.6 Å². The van der Waals surface area contributed by atoms with Gasteiger partial charge in [-0.1, -0.05) is 12.1 Å². The van der Waals surface area contributed by atoms with E-state index in [0.717, 1.165) is 37.4 Å². The van der Waals surface area contributed by atoms with Crippen LogP contribution >= 0.6 is 0 Å². The summed E-state index contributed by atoms with van der Waals surface area (Å²) in [6.45, 7) is 4.20. The maximum Gasteiger partial charge on any atom is 0.321 e. The SMILES string of the molecule is Cc1cccc(OC[C@@H]2CCCN(C(=O)Nc3cccnc3)C2)c1. The Hall–Kier alpha value is -2.56. The zero-order valence-electron chi connectivity index (χ0n) is 13.9. The molecule has 0 unspecified atom stereocenters. The Bertz CT molecular complexity index is 675. The van der Waals surface area contributed by atoms with Crippen molar-refractivity contribution >= 4 is 11.7 Å². The van der Waals surface area contributed by atoms with E-state index in [1.54, 1.807) is 12.4 Å². The number of benzene rings is 1. The summed E-state index contributed by atoms with van der Waals surface area (Å²) in [6.07, 6.45) is 5.43. The van der Waals surface area contributed by atoms with Crippen LogP contribution in [0.3, 0.4) is 0 Å². The first-order chi connectivity index (χ1) is 11.7. The number of carbonyl (C=O) groups excluding carboxylic acids is 1. The second-order valence-corrected chi connectivity index (χ2v) is 6.25. The predicted octanol–water partition coefficient (Wildman–Crippen LogP) is 3.71. The van der Waals surface area contributed by atoms with Gasteiger partial charge in [0, 0.05) is 25.2 Å². The third kappa shape index (κ3) is 4.47. The highest BCUT2D eigenvalue weighted by molar-refractivity contribution is 5.89. The molecule has 1 aliphatic rings. The number of hydrogen-bond acceptors (Lipinski definition) is 3. The number of hydrogen-bond donors (Lipinski definition) is 1. The average Bonchev–Trinajstić information content (AvgIpc) is 2.61. The largest absolute Gasteiger partial charge is 0.493 e. The maximum absolute atomic E-state index is 12.4. The van der Waals surface area contributed by atoms with Crippen LogP contribution < -0.4 is 10.1 Å². The summed E-state index contributed by atoms with van der Waals surface area (Å²) in [7, 11) is 0. The van der Waals surface area contributed by atoms with E-state index < -0.39 is 0 Å². The number of rotatable bonds is 4. The van der Waals surface area contributed by atoms with Crippen LogP contribution in [0, 0.1) is 12.8 Å². The zero-order chi connectivity index (χ0) is 16.8. The average molecular weight is 325 g/mol. The lowest BCUT2D eigenvalue weighted by Gasteiger charge is -2.32. The van der Waals surface area contributed by atoms with Crippen molar-refractivity contribution in [3.63, 3.8) is 0 Å². The molecule has 2 heterocycles. The Morgan fingerprint density at radius 1 is 1.38 bits per heavy atom. The van der Waals surface area contributed by atoms with Gasteiger partial charge in [0.2, 0.25) is 0 Å². The van der Waals surface area contributed by atoms with E-state index in [4.69, 9.17) is 4.74 Å². The van der Waals surface area contributed by atoms with Gasteiger partial charge in [0.1, 0.15) is 5.75 Å². The number of likely N-dealkylation sites (tertiary alicyclic amines) is 1. The lowest BCUT2D eigenvalue weighted by molar-refractivity contribution is 0.145. The molecule has 0 saturated carbocycles. The first-order valence-corrected chi connectivity index (χ1v) is 8.36. The maximum atomic E-state index is 12.4. The quantitative estimate of drug-likeness (QED) is 0.932. The van der Waals surface area contributed by atoms with Gasteiger partial charge in [-0.2, -0.15) is 0 Å². The van der Waals surface area contributed by atoms with Crippen molar-refractivity contribution in [1.82, 2.24) is 9.88 Å². The van der Waals surface area contributed by atoms with Crippen LogP contribution in [0.15, 0.2) is 48.8 Å². The van der Waals surface area contributed by atoms with Crippen molar-refractivity contribution in [2.75, 3.05) is 25.0 Å². The van der Waals surface area contributed by atoms with E-state index in [-0.39, 0.29) is 6.03 Å². The fourth-order valence-corrected chi connectivity index (χ4v) is 2.94. The molecule has 1 aromatic heterocycles. The number of piperidine rings is 1. The van der Waals surface area contributed by atoms with Crippen LogP contribution in [-0.2, 0) is 0 Å². The highest BCUT2D eigenvalue weighted by atomic mass is 16.5. The lowest BCUT2D eigenvalue weighted by Crippen LogP contribution is -2.43. The first kappa shape index (κ1) is 16.3. The van der Waals surface area contributed by atoms with Crippen molar-refractivity contribution < 1.29 is 9.53 Å². The predicted molar refractivity (Wildman–Crippen MR) is 94.2 cm³/mol. The van der Waals surface area contributed by atoms with Crippen LogP contribution in [0.25, 0.3) is 0 Å². The van der Waals surface area contributed by atoms with Gasteiger partial charge < -0.3 is 15.0 Å². The summed E-state index contributed by atoms with van der Waals surface area (Å²) in [6, 6.07) is 11.6. The van der Waals surface area contributed by atoms with E-state index in [1.165, 1.54) is 5.56 Å². The van der Waals surface area contributed by atoms with Crippen LogP contribution in [0.5, 0.6) is 5.75 Å². The highest BCUT2D eigenvalue weighted by Gasteiger charge is 2.24. The number of ether oxygens (including phenoxy) is 1. The molecule has 126 valence electrons. The molecule has 2 aromatic rings. The van der Waals surface area contributed by atoms with E-state index in [1.807, 2.05) is 35.2 Å². The summed E-state index contributed by atoms with van der Waals surface area (Å²) < 4.78 is 5.90. The third-order valence-corrected chi connectivity index (χ3v) is 4.19. The van der Waals surface area contributed by atoms with Gasteiger partial charge >= 0.3 is 6.03 Å². The highest BCUT2D eigenvalue weighted by Crippen LogP contribution is 2.20. The molecule has 5 nitrogen and oxygen atoms in total. The monoisotopic (exact) mass is 325 g/mol. The van der Waals surface area contributed by atoms with Gasteiger partial charge in [-0.3, -0.25) is 4.98 Å². The molecule has 1 aromatic carbocycles. The normalized spacial score (nSPS) is 17.4. The van der Waals surface area contributed by atoms with Gasteiger partial charge in [0.05, 0.1) is 18.5 Å². The number of anilines is 1. The third-order valence-electron chi connectivity index (χ3n) is 4.19. The van der Waals surface area contributed by atoms with Gasteiger partial charge in [0.25, 0.3) is 0 Å². The molecule has 0 aliphatic carbocycles. The molecule has 1 N–H and O–H groups in total. The summed E-state index contributed by atoms with van der Waals surface area (Å²) in [5.74, 6) is 1.26. The van der Waals surface area contributed by atoms with Crippen molar-refractivity contribution in [3.05, 3.63) is 54.4 Å². The van der Waals surface area contributed by atoms with Crippen LogP contribution in [-0.4, -0.2) is 35.6 Å². The minimum absolute atomic E-state index is 0.0664. The fourth-order valence-electron chi connectivity index (χ4n) is 2.94. The van der Waals surface area contributed by atoms with Crippen LogP contribution in [0.2, 0.25) is 0 Å². The minimum atomic E-state index is -0.0664. The molecule has 3 rings (SSSR count). The van der Waals surface area contributed by atoms with Crippen molar-refractivity contribution in [1.29, 1.82) is 0 Å². The van der Waals surface area contributed by atoms with E-state index in [9.17, 15) is 4.79 Å². The van der Waals surface area contributed by atoms with Gasteiger partial charge in [0.15, 0.2) is 0 Å². The minimum Gasteiger partial charge on any atom is -0.493 e. The second kappa shape index (κ2) is 7.81. The molecule has 1 aliphatic heterocycles. The number of carbonyl (C=O) groups is 1. The molecule has 2 amide bonds. The molecule has 0 spiro atoms. The molecule has 5 heteroatoms. The standard InChI is InChI=1S/C19H23N3O2/c1-15-5-2-8-18(11-15)24-14-16-6-4-10-22(13-16)19(23)21-17-7-3-9-20-12-17/h2-3,5,7-9,11-12,16H,4,6,10,13-14H2,1H3,(H,21,23)/t16-/m1/s1. The smallest absolute Gasteiger partial charge is 0.321 e. The fraction of sp³-hybridized carbons (Fsp3) is 0.368.